The number of benzene rings is 2. The van der Waals surface area contributed by atoms with E-state index in [0.717, 1.165) is 18.2 Å². The van der Waals surface area contributed by atoms with Crippen LogP contribution in [0, 0.1) is 11.7 Å². The van der Waals surface area contributed by atoms with Crippen molar-refractivity contribution in [2.24, 2.45) is 5.92 Å². The molecular weight excluding hydrogens is 539 g/mol. The summed E-state index contributed by atoms with van der Waals surface area (Å²) in [5.74, 6) is -2.46. The minimum absolute atomic E-state index is 0.182. The van der Waals surface area contributed by atoms with E-state index in [1.54, 1.807) is 0 Å². The summed E-state index contributed by atoms with van der Waals surface area (Å²) in [5.41, 5.74) is -1.65. The number of nitrogens with one attached hydrogen (secondary N) is 1. The van der Waals surface area contributed by atoms with Crippen molar-refractivity contribution in [1.29, 1.82) is 0 Å². The van der Waals surface area contributed by atoms with Crippen LogP contribution in [-0.2, 0) is 21.9 Å². The Morgan fingerprint density at radius 3 is 2.09 bits per heavy atom. The molecule has 0 aliphatic heterocycles. The van der Waals surface area contributed by atoms with E-state index in [4.69, 9.17) is 9.90 Å². The Hall–Kier alpha value is -2.63. The molecular formula is C22H19BrF7NO3. The number of halogens is 8. The van der Waals surface area contributed by atoms with Crippen LogP contribution >= 0.6 is 15.9 Å². The van der Waals surface area contributed by atoms with Gasteiger partial charge in [0.1, 0.15) is 5.82 Å². The molecule has 12 heteroatoms. The second-order valence-electron chi connectivity index (χ2n) is 7.58. The van der Waals surface area contributed by atoms with Crippen LogP contribution in [-0.4, -0.2) is 17.5 Å². The lowest BCUT2D eigenvalue weighted by atomic mass is 9.77. The summed E-state index contributed by atoms with van der Waals surface area (Å²) in [6.07, 6.45) is -7.05. The summed E-state index contributed by atoms with van der Waals surface area (Å²) in [6.45, 7) is -0.250. The third kappa shape index (κ3) is 7.18. The predicted molar refractivity (Wildman–Crippen MR) is 113 cm³/mol. The molecule has 0 bridgehead atoms. The third-order valence-corrected chi connectivity index (χ3v) is 6.05. The fourth-order valence-electron chi connectivity index (χ4n) is 3.77. The highest BCUT2D eigenvalue weighted by molar-refractivity contribution is 9.10. The molecule has 0 aromatic heterocycles. The highest BCUT2D eigenvalue weighted by Crippen LogP contribution is 2.41. The van der Waals surface area contributed by atoms with Crippen LogP contribution < -0.4 is 5.32 Å². The second-order valence-corrected chi connectivity index (χ2v) is 8.44. The molecule has 1 fully saturated rings. The highest BCUT2D eigenvalue weighted by atomic mass is 79.9. The normalized spacial score (nSPS) is 18.5. The molecule has 1 aliphatic carbocycles. The predicted octanol–water partition coefficient (Wildman–Crippen LogP) is 7.24. The largest absolute Gasteiger partial charge is 0.483 e. The maximum Gasteiger partial charge on any atom is 0.416 e. The maximum absolute atomic E-state index is 14.0. The summed E-state index contributed by atoms with van der Waals surface area (Å²) in [4.78, 5) is 20.9. The monoisotopic (exact) mass is 557 g/mol. The first kappa shape index (κ1) is 27.6. The number of carboxylic acid groups (broad SMARTS) is 1. The molecule has 186 valence electrons. The van der Waals surface area contributed by atoms with Crippen LogP contribution in [0.4, 0.5) is 36.4 Å². The Labute approximate surface area is 198 Å². The van der Waals surface area contributed by atoms with Gasteiger partial charge in [0.2, 0.25) is 5.91 Å². The standard InChI is InChI=1S/C21H17BrF7NO.CH2O2/c22-16-9-13(20(24,25)26)4-6-15(16)11-2-1-3-12(8-11)19(31)30-18-7-5-14(10-17(18)23)21(27,28)29;2-1-3/h4-7,9-12H,1-3,8H2,(H,30,31);1H,(H,2,3). The number of carbonyl (C=O) groups is 2. The van der Waals surface area contributed by atoms with Crippen molar-refractivity contribution in [1.82, 2.24) is 0 Å². The Kier molecular flexibility index (Phi) is 9.09. The van der Waals surface area contributed by atoms with E-state index in [9.17, 15) is 35.5 Å². The van der Waals surface area contributed by atoms with E-state index in [1.165, 1.54) is 6.07 Å². The summed E-state index contributed by atoms with van der Waals surface area (Å²) < 4.78 is 90.9. The minimum atomic E-state index is -4.70. The van der Waals surface area contributed by atoms with E-state index < -0.39 is 41.1 Å². The Bertz CT molecular complexity index is 1020. The Balaban J connectivity index is 0.00000129. The van der Waals surface area contributed by atoms with Gasteiger partial charge in [-0.05, 0) is 61.1 Å². The van der Waals surface area contributed by atoms with Gasteiger partial charge in [-0.2, -0.15) is 26.3 Å². The van der Waals surface area contributed by atoms with Crippen LogP contribution in [0.5, 0.6) is 0 Å². The lowest BCUT2D eigenvalue weighted by Crippen LogP contribution is -2.28. The Morgan fingerprint density at radius 2 is 1.56 bits per heavy atom. The molecule has 0 radical (unpaired) electrons. The van der Waals surface area contributed by atoms with E-state index in [0.29, 0.717) is 47.9 Å². The number of alkyl halides is 6. The molecule has 2 N–H and O–H groups in total. The van der Waals surface area contributed by atoms with Crippen molar-refractivity contribution in [2.45, 2.75) is 44.0 Å². The molecule has 2 aromatic carbocycles. The number of amides is 1. The van der Waals surface area contributed by atoms with Crippen LogP contribution in [0.3, 0.4) is 0 Å². The summed E-state index contributed by atoms with van der Waals surface area (Å²) in [7, 11) is 0. The van der Waals surface area contributed by atoms with Gasteiger partial charge in [0.15, 0.2) is 0 Å². The molecule has 2 unspecified atom stereocenters. The molecule has 0 spiro atoms. The molecule has 4 nitrogen and oxygen atoms in total. The van der Waals surface area contributed by atoms with Crippen LogP contribution in [0.2, 0.25) is 0 Å². The molecule has 1 aliphatic rings. The van der Waals surface area contributed by atoms with Gasteiger partial charge < -0.3 is 10.4 Å². The van der Waals surface area contributed by atoms with Crippen LogP contribution in [0.15, 0.2) is 40.9 Å². The molecule has 3 rings (SSSR count). The molecule has 34 heavy (non-hydrogen) atoms. The quantitative estimate of drug-likeness (QED) is 0.309. The van der Waals surface area contributed by atoms with Crippen molar-refractivity contribution >= 4 is 34.0 Å². The molecule has 1 saturated carbocycles. The van der Waals surface area contributed by atoms with Crippen molar-refractivity contribution < 1.29 is 45.4 Å². The number of carbonyl (C=O) groups excluding carboxylic acids is 1. The zero-order valence-electron chi connectivity index (χ0n) is 17.3. The summed E-state index contributed by atoms with van der Waals surface area (Å²) in [6, 6.07) is 5.23. The van der Waals surface area contributed by atoms with Gasteiger partial charge in [0.05, 0.1) is 16.8 Å². The van der Waals surface area contributed by atoms with Gasteiger partial charge in [-0.25, -0.2) is 4.39 Å². The molecule has 0 saturated heterocycles. The van der Waals surface area contributed by atoms with Gasteiger partial charge in [-0.15, -0.1) is 0 Å². The Morgan fingerprint density at radius 1 is 1.00 bits per heavy atom. The average molecular weight is 558 g/mol. The first-order valence-corrected chi connectivity index (χ1v) is 10.7. The van der Waals surface area contributed by atoms with E-state index in [1.807, 2.05) is 0 Å². The summed E-state index contributed by atoms with van der Waals surface area (Å²) >= 11 is 3.18. The van der Waals surface area contributed by atoms with E-state index in [2.05, 4.69) is 21.2 Å². The topological polar surface area (TPSA) is 66.4 Å². The SMILES string of the molecule is O=C(Nc1ccc(C(F)(F)F)cc1F)C1CCCC(c2ccc(C(F)(F)F)cc2Br)C1.O=CO. The van der Waals surface area contributed by atoms with Gasteiger partial charge in [-0.3, -0.25) is 9.59 Å². The summed E-state index contributed by atoms with van der Waals surface area (Å²) in [5, 5.41) is 9.22. The van der Waals surface area contributed by atoms with Crippen LogP contribution in [0.1, 0.15) is 48.3 Å². The minimum Gasteiger partial charge on any atom is -0.483 e. The van der Waals surface area contributed by atoms with E-state index in [-0.39, 0.29) is 18.1 Å². The smallest absolute Gasteiger partial charge is 0.416 e. The van der Waals surface area contributed by atoms with Gasteiger partial charge in [-0.1, -0.05) is 28.4 Å². The number of rotatable bonds is 3. The van der Waals surface area contributed by atoms with Crippen molar-refractivity contribution in [3.8, 4) is 0 Å². The van der Waals surface area contributed by atoms with Crippen molar-refractivity contribution in [3.05, 3.63) is 63.4 Å². The van der Waals surface area contributed by atoms with Crippen molar-refractivity contribution in [3.63, 3.8) is 0 Å². The van der Waals surface area contributed by atoms with Crippen molar-refractivity contribution in [2.75, 3.05) is 5.32 Å². The number of hydrogen-bond donors (Lipinski definition) is 2. The van der Waals surface area contributed by atoms with E-state index >= 15 is 0 Å². The lowest BCUT2D eigenvalue weighted by molar-refractivity contribution is -0.138. The maximum atomic E-state index is 14.0. The fraction of sp³-hybridized carbons (Fsp3) is 0.364. The number of hydrogen-bond acceptors (Lipinski definition) is 2. The number of anilines is 1. The van der Waals surface area contributed by atoms with Gasteiger partial charge in [0, 0.05) is 10.4 Å². The van der Waals surface area contributed by atoms with Gasteiger partial charge >= 0.3 is 12.4 Å². The first-order valence-electron chi connectivity index (χ1n) is 9.90. The third-order valence-electron chi connectivity index (χ3n) is 5.37. The molecule has 1 amide bonds. The fourth-order valence-corrected chi connectivity index (χ4v) is 4.48. The second kappa shape index (κ2) is 11.2. The highest BCUT2D eigenvalue weighted by Gasteiger charge is 2.34. The zero-order chi connectivity index (χ0) is 25.7. The zero-order valence-corrected chi connectivity index (χ0v) is 18.9. The lowest BCUT2D eigenvalue weighted by Gasteiger charge is -2.29. The molecule has 2 atom stereocenters. The average Bonchev–Trinajstić information content (AvgIpc) is 2.74. The van der Waals surface area contributed by atoms with Crippen LogP contribution in [0.25, 0.3) is 0 Å². The molecule has 0 heterocycles. The molecule has 2 aromatic rings. The first-order chi connectivity index (χ1) is 15.8. The van der Waals surface area contributed by atoms with Gasteiger partial charge in [0.25, 0.3) is 6.47 Å².